The van der Waals surface area contributed by atoms with Gasteiger partial charge in [0.05, 0.1) is 22.9 Å². The van der Waals surface area contributed by atoms with Crippen LogP contribution in [0.25, 0.3) is 6.08 Å². The molecule has 0 radical (unpaired) electrons. The molecule has 0 spiro atoms. The average Bonchev–Trinajstić information content (AvgIpc) is 3.36. The van der Waals surface area contributed by atoms with Gasteiger partial charge in [0.15, 0.2) is 8.32 Å². The first kappa shape index (κ1) is 22.2. The van der Waals surface area contributed by atoms with Gasteiger partial charge in [-0.05, 0) is 57.5 Å². The maximum Gasteiger partial charge on any atom is 0.311 e. The van der Waals surface area contributed by atoms with Crippen LogP contribution in [-0.4, -0.2) is 25.4 Å². The molecule has 29 heavy (non-hydrogen) atoms. The van der Waals surface area contributed by atoms with E-state index in [1.165, 1.54) is 0 Å². The second kappa shape index (κ2) is 7.32. The Morgan fingerprint density at radius 2 is 1.90 bits per heavy atom. The second-order valence-electron chi connectivity index (χ2n) is 10.7. The Hall–Kier alpha value is -1.50. The maximum atomic E-state index is 12.2. The summed E-state index contributed by atoms with van der Waals surface area (Å²) in [5.41, 5.74) is 3.31. The second-order valence-corrected chi connectivity index (χ2v) is 15.5. The number of hydrogen-bond donors (Lipinski definition) is 0. The molecule has 160 valence electrons. The van der Waals surface area contributed by atoms with Gasteiger partial charge in [0, 0.05) is 5.56 Å². The fourth-order valence-corrected chi connectivity index (χ4v) is 4.55. The molecule has 1 fully saturated rings. The first-order chi connectivity index (χ1) is 13.2. The number of ether oxygens (including phenoxy) is 2. The van der Waals surface area contributed by atoms with Crippen molar-refractivity contribution in [1.82, 2.24) is 4.98 Å². The summed E-state index contributed by atoms with van der Waals surface area (Å²) in [6.07, 6.45) is 4.24. The average molecular weight is 418 g/mol. The number of rotatable bonds is 5. The van der Waals surface area contributed by atoms with Crippen molar-refractivity contribution in [2.24, 2.45) is 5.41 Å². The number of esters is 1. The van der Waals surface area contributed by atoms with E-state index in [0.717, 1.165) is 22.5 Å². The van der Waals surface area contributed by atoms with Gasteiger partial charge in [-0.25, -0.2) is 0 Å². The van der Waals surface area contributed by atoms with E-state index in [1.807, 2.05) is 26.8 Å². The molecule has 0 N–H and O–H groups in total. The minimum atomic E-state index is -1.94. The fourth-order valence-electron chi connectivity index (χ4n) is 3.18. The number of fused-ring (bicyclic) bond motifs is 3. The minimum Gasteiger partial charge on any atom is -0.459 e. The van der Waals surface area contributed by atoms with E-state index in [2.05, 4.69) is 52.9 Å². The molecule has 0 amide bonds. The number of carbonyl (C=O) groups excluding carboxylic acids is 1. The summed E-state index contributed by atoms with van der Waals surface area (Å²) in [6, 6.07) is 2.03. The van der Waals surface area contributed by atoms with Crippen molar-refractivity contribution in [1.29, 1.82) is 0 Å². The normalized spacial score (nSPS) is 22.0. The Morgan fingerprint density at radius 1 is 1.24 bits per heavy atom. The maximum absolute atomic E-state index is 12.2. The first-order valence-electron chi connectivity index (χ1n) is 10.4. The zero-order valence-electron chi connectivity index (χ0n) is 19.3. The molecule has 0 saturated carbocycles. The van der Waals surface area contributed by atoms with Gasteiger partial charge in [-0.2, -0.15) is 0 Å². The fraction of sp³-hybridized carbons (Fsp3) is 0.652. The zero-order chi connectivity index (χ0) is 21.8. The van der Waals surface area contributed by atoms with Gasteiger partial charge in [0.2, 0.25) is 0 Å². The number of pyridine rings is 1. The molecule has 3 atom stereocenters. The lowest BCUT2D eigenvalue weighted by Crippen LogP contribution is -2.41. The van der Waals surface area contributed by atoms with Crippen LogP contribution in [0.3, 0.4) is 0 Å². The Bertz CT molecular complexity index is 833. The molecule has 3 rings (SSSR count). The summed E-state index contributed by atoms with van der Waals surface area (Å²) >= 11 is 0. The molecule has 0 aromatic carbocycles. The largest absolute Gasteiger partial charge is 0.459 e. The molecule has 5 nitrogen and oxygen atoms in total. The zero-order valence-corrected chi connectivity index (χ0v) is 20.3. The molecular formula is C23H35NO4Si. The van der Waals surface area contributed by atoms with Crippen LogP contribution in [0, 0.1) is 5.41 Å². The van der Waals surface area contributed by atoms with Crippen molar-refractivity contribution in [3.63, 3.8) is 0 Å². The van der Waals surface area contributed by atoms with Crippen molar-refractivity contribution in [2.45, 2.75) is 91.5 Å². The third-order valence-electron chi connectivity index (χ3n) is 6.10. The molecule has 6 heteroatoms. The summed E-state index contributed by atoms with van der Waals surface area (Å²) in [5.74, 6) is -0.232. The van der Waals surface area contributed by atoms with Crippen molar-refractivity contribution in [3.05, 3.63) is 34.7 Å². The SMILES string of the molecule is C[C@H](O[Si](C)(C)C(C)(C)C)c1cc(COC(=O)C(C)(C)C)nc2c1C=C[C@@H]1O[C@H]21. The van der Waals surface area contributed by atoms with Gasteiger partial charge >= 0.3 is 5.97 Å². The number of nitrogens with zero attached hydrogens (tertiary/aromatic N) is 1. The molecule has 0 bridgehead atoms. The first-order valence-corrected chi connectivity index (χ1v) is 13.3. The minimum absolute atomic E-state index is 0.00656. The third kappa shape index (κ3) is 4.65. The Balaban J connectivity index is 1.91. The van der Waals surface area contributed by atoms with Gasteiger partial charge < -0.3 is 13.9 Å². The lowest BCUT2D eigenvalue weighted by molar-refractivity contribution is -0.154. The van der Waals surface area contributed by atoms with Crippen LogP contribution >= 0.6 is 0 Å². The molecule has 2 heterocycles. The molecule has 0 unspecified atom stereocenters. The van der Waals surface area contributed by atoms with E-state index in [4.69, 9.17) is 18.9 Å². The van der Waals surface area contributed by atoms with Crippen LogP contribution in [0.1, 0.15) is 83.2 Å². The summed E-state index contributed by atoms with van der Waals surface area (Å²) in [6.45, 7) is 19.1. The van der Waals surface area contributed by atoms with Gasteiger partial charge in [0.1, 0.15) is 18.8 Å². The number of hydrogen-bond acceptors (Lipinski definition) is 5. The van der Waals surface area contributed by atoms with E-state index in [-0.39, 0.29) is 35.9 Å². The van der Waals surface area contributed by atoms with Gasteiger partial charge in [-0.3, -0.25) is 9.78 Å². The Labute approximate surface area is 176 Å². The Morgan fingerprint density at radius 3 is 2.48 bits per heavy atom. The highest BCUT2D eigenvalue weighted by Crippen LogP contribution is 2.47. The van der Waals surface area contributed by atoms with Crippen molar-refractivity contribution in [2.75, 3.05) is 0 Å². The van der Waals surface area contributed by atoms with Crippen molar-refractivity contribution < 1.29 is 18.7 Å². The summed E-state index contributed by atoms with van der Waals surface area (Å²) in [5, 5.41) is 0.125. The topological polar surface area (TPSA) is 61.0 Å². The number of aromatic nitrogens is 1. The molecule has 2 aliphatic rings. The molecule has 1 aliphatic heterocycles. The Kier molecular flexibility index (Phi) is 5.60. The predicted molar refractivity (Wildman–Crippen MR) is 117 cm³/mol. The van der Waals surface area contributed by atoms with E-state index >= 15 is 0 Å². The van der Waals surface area contributed by atoms with Crippen molar-refractivity contribution >= 4 is 20.4 Å². The van der Waals surface area contributed by atoms with Crippen LogP contribution in [-0.2, 0) is 25.3 Å². The molecule has 1 saturated heterocycles. The molecule has 1 aromatic rings. The highest BCUT2D eigenvalue weighted by atomic mass is 28.4. The lowest BCUT2D eigenvalue weighted by atomic mass is 9.94. The molecule has 1 aromatic heterocycles. The van der Waals surface area contributed by atoms with E-state index in [1.54, 1.807) is 0 Å². The van der Waals surface area contributed by atoms with Gasteiger partial charge in [-0.15, -0.1) is 0 Å². The van der Waals surface area contributed by atoms with Crippen molar-refractivity contribution in [3.8, 4) is 0 Å². The molecule has 1 aliphatic carbocycles. The van der Waals surface area contributed by atoms with Gasteiger partial charge in [0.25, 0.3) is 0 Å². The lowest BCUT2D eigenvalue weighted by Gasteiger charge is -2.39. The van der Waals surface area contributed by atoms with E-state index in [0.29, 0.717) is 0 Å². The monoisotopic (exact) mass is 417 g/mol. The number of carbonyl (C=O) groups is 1. The van der Waals surface area contributed by atoms with Crippen LogP contribution < -0.4 is 0 Å². The van der Waals surface area contributed by atoms with E-state index in [9.17, 15) is 4.79 Å². The summed E-state index contributed by atoms with van der Waals surface area (Å²) in [7, 11) is -1.94. The predicted octanol–water partition coefficient (Wildman–Crippen LogP) is 5.72. The highest BCUT2D eigenvalue weighted by Gasteiger charge is 2.45. The van der Waals surface area contributed by atoms with E-state index < -0.39 is 13.7 Å². The van der Waals surface area contributed by atoms with Crippen LogP contribution in [0.4, 0.5) is 0 Å². The quantitative estimate of drug-likeness (QED) is 0.348. The summed E-state index contributed by atoms with van der Waals surface area (Å²) in [4.78, 5) is 17.0. The standard InChI is InChI=1S/C23H35NO4Si/c1-14(28-29(8,9)23(5,6)7)17-12-15(13-26-21(25)22(2,3)4)24-19-16(17)10-11-18-20(19)27-18/h10-12,14,18,20H,13H2,1-9H3/t14-,18-,20-/m0/s1. The highest BCUT2D eigenvalue weighted by molar-refractivity contribution is 6.74. The smallest absolute Gasteiger partial charge is 0.311 e. The number of epoxide rings is 1. The summed E-state index contributed by atoms with van der Waals surface area (Å²) < 4.78 is 17.9. The van der Waals surface area contributed by atoms with Crippen LogP contribution in [0.5, 0.6) is 0 Å². The van der Waals surface area contributed by atoms with Crippen LogP contribution in [0.15, 0.2) is 12.1 Å². The third-order valence-corrected chi connectivity index (χ3v) is 10.7. The van der Waals surface area contributed by atoms with Gasteiger partial charge in [-0.1, -0.05) is 32.9 Å². The molecular weight excluding hydrogens is 382 g/mol. The van der Waals surface area contributed by atoms with Crippen LogP contribution in [0.2, 0.25) is 18.1 Å².